The van der Waals surface area contributed by atoms with Crippen molar-refractivity contribution in [1.29, 1.82) is 0 Å². The van der Waals surface area contributed by atoms with Gasteiger partial charge in [0.05, 0.1) is 18.0 Å². The van der Waals surface area contributed by atoms with E-state index in [2.05, 4.69) is 4.74 Å². The first kappa shape index (κ1) is 21.0. The molecule has 29 heavy (non-hydrogen) atoms. The molecule has 1 aliphatic carbocycles. The first-order chi connectivity index (χ1) is 13.8. The van der Waals surface area contributed by atoms with Gasteiger partial charge < -0.3 is 9.47 Å². The number of benzene rings is 2. The summed E-state index contributed by atoms with van der Waals surface area (Å²) in [6.07, 6.45) is -0.114. The van der Waals surface area contributed by atoms with E-state index in [9.17, 15) is 22.4 Å². The van der Waals surface area contributed by atoms with Gasteiger partial charge in [0.1, 0.15) is 11.6 Å². The molecule has 1 saturated carbocycles. The first-order valence-electron chi connectivity index (χ1n) is 9.40. The second kappa shape index (κ2) is 9.15. The molecule has 8 heteroatoms. The van der Waals surface area contributed by atoms with E-state index in [0.717, 1.165) is 37.8 Å². The number of nitrogens with zero attached hydrogens (tertiary/aromatic N) is 1. The number of alkyl halides is 3. The molecule has 1 amide bonds. The highest BCUT2D eigenvalue weighted by Gasteiger charge is 2.31. The highest BCUT2D eigenvalue weighted by molar-refractivity contribution is 5.96. The van der Waals surface area contributed by atoms with Gasteiger partial charge in [-0.1, -0.05) is 19.3 Å². The van der Waals surface area contributed by atoms with Gasteiger partial charge in [0, 0.05) is 0 Å². The minimum atomic E-state index is -4.81. The average molecular weight is 411 g/mol. The smallest absolute Gasteiger partial charge is 0.449 e. The van der Waals surface area contributed by atoms with Gasteiger partial charge in [-0.15, -0.1) is 13.2 Å². The highest BCUT2D eigenvalue weighted by atomic mass is 19.4. The van der Waals surface area contributed by atoms with E-state index < -0.39 is 24.0 Å². The van der Waals surface area contributed by atoms with Crippen molar-refractivity contribution in [1.82, 2.24) is 0 Å². The van der Waals surface area contributed by atoms with Gasteiger partial charge in [-0.3, -0.25) is 0 Å². The zero-order valence-corrected chi connectivity index (χ0v) is 15.6. The summed E-state index contributed by atoms with van der Waals surface area (Å²) in [5.41, 5.74) is 0.615. The Kier molecular flexibility index (Phi) is 6.61. The Morgan fingerprint density at radius 2 is 1.48 bits per heavy atom. The normalized spacial score (nSPS) is 15.0. The van der Waals surface area contributed by atoms with Crippen LogP contribution in [0.4, 0.5) is 33.7 Å². The van der Waals surface area contributed by atoms with Crippen LogP contribution in [0.15, 0.2) is 48.5 Å². The van der Waals surface area contributed by atoms with Crippen molar-refractivity contribution < 1.29 is 31.8 Å². The molecule has 4 nitrogen and oxygen atoms in total. The minimum absolute atomic E-state index is 0.270. The molecule has 0 saturated heterocycles. The van der Waals surface area contributed by atoms with Gasteiger partial charge in [-0.05, 0) is 67.3 Å². The minimum Gasteiger partial charge on any atom is -0.449 e. The number of ether oxygens (including phenoxy) is 2. The largest absolute Gasteiger partial charge is 0.573 e. The van der Waals surface area contributed by atoms with Crippen LogP contribution in [0.5, 0.6) is 5.75 Å². The topological polar surface area (TPSA) is 38.8 Å². The number of anilines is 2. The van der Waals surface area contributed by atoms with Crippen LogP contribution in [-0.2, 0) is 4.74 Å². The molecular formula is C21H21F4NO3. The van der Waals surface area contributed by atoms with Gasteiger partial charge in [-0.2, -0.15) is 0 Å². The standard InChI is InChI=1S/C21H21F4NO3/c22-16-6-8-17(9-7-16)26(20(27)28-14-15-4-2-1-3-5-15)18-10-12-19(13-11-18)29-21(23,24)25/h6-13,15H,1-5,14H2. The van der Waals surface area contributed by atoms with Crippen LogP contribution in [0.25, 0.3) is 0 Å². The van der Waals surface area contributed by atoms with Crippen molar-refractivity contribution >= 4 is 17.5 Å². The highest BCUT2D eigenvalue weighted by Crippen LogP contribution is 2.31. The maximum Gasteiger partial charge on any atom is 0.573 e. The van der Waals surface area contributed by atoms with E-state index in [-0.39, 0.29) is 12.3 Å². The summed E-state index contributed by atoms with van der Waals surface area (Å²) in [7, 11) is 0. The molecule has 0 radical (unpaired) electrons. The maximum absolute atomic E-state index is 13.3. The predicted molar refractivity (Wildman–Crippen MR) is 99.6 cm³/mol. The molecule has 0 aliphatic heterocycles. The Morgan fingerprint density at radius 1 is 0.931 bits per heavy atom. The Balaban J connectivity index is 1.79. The fraction of sp³-hybridized carbons (Fsp3) is 0.381. The molecule has 0 atom stereocenters. The van der Waals surface area contributed by atoms with Crippen LogP contribution < -0.4 is 9.64 Å². The van der Waals surface area contributed by atoms with E-state index in [1.807, 2.05) is 0 Å². The van der Waals surface area contributed by atoms with Crippen LogP contribution in [-0.4, -0.2) is 19.1 Å². The van der Waals surface area contributed by atoms with Crippen LogP contribution in [0.1, 0.15) is 32.1 Å². The molecule has 1 fully saturated rings. The summed E-state index contributed by atoms with van der Waals surface area (Å²) in [5, 5.41) is 0. The van der Waals surface area contributed by atoms with Gasteiger partial charge >= 0.3 is 12.5 Å². The Labute approximate surface area is 166 Å². The first-order valence-corrected chi connectivity index (χ1v) is 9.40. The molecule has 0 aromatic heterocycles. The zero-order valence-electron chi connectivity index (χ0n) is 15.6. The van der Waals surface area contributed by atoms with Crippen LogP contribution in [0, 0.1) is 11.7 Å². The van der Waals surface area contributed by atoms with Gasteiger partial charge in [0.25, 0.3) is 0 Å². The second-order valence-corrected chi connectivity index (χ2v) is 6.93. The van der Waals surface area contributed by atoms with Crippen molar-refractivity contribution in [2.75, 3.05) is 11.5 Å². The number of hydrogen-bond acceptors (Lipinski definition) is 3. The number of halogens is 4. The summed E-state index contributed by atoms with van der Waals surface area (Å²) in [6, 6.07) is 10.0. The molecule has 2 aromatic carbocycles. The number of rotatable bonds is 5. The number of carbonyl (C=O) groups excluding carboxylic acids is 1. The van der Waals surface area contributed by atoms with E-state index >= 15 is 0 Å². The van der Waals surface area contributed by atoms with Crippen LogP contribution in [0.2, 0.25) is 0 Å². The van der Waals surface area contributed by atoms with E-state index in [1.54, 1.807) is 0 Å². The molecule has 3 rings (SSSR count). The molecule has 0 heterocycles. The van der Waals surface area contributed by atoms with Gasteiger partial charge in [-0.25, -0.2) is 14.1 Å². The average Bonchev–Trinajstić information content (AvgIpc) is 2.69. The number of amides is 1. The number of hydrogen-bond donors (Lipinski definition) is 0. The summed E-state index contributed by atoms with van der Waals surface area (Å²) >= 11 is 0. The third-order valence-corrected chi connectivity index (χ3v) is 4.76. The van der Waals surface area contributed by atoms with E-state index in [1.165, 1.54) is 47.7 Å². The lowest BCUT2D eigenvalue weighted by Crippen LogP contribution is -2.29. The lowest BCUT2D eigenvalue weighted by atomic mass is 9.90. The number of carbonyl (C=O) groups is 1. The summed E-state index contributed by atoms with van der Waals surface area (Å²) in [4.78, 5) is 14.0. The van der Waals surface area contributed by atoms with Crippen molar-refractivity contribution in [2.45, 2.75) is 38.5 Å². The summed E-state index contributed by atoms with van der Waals surface area (Å²) < 4.78 is 59.7. The monoisotopic (exact) mass is 411 g/mol. The fourth-order valence-electron chi connectivity index (χ4n) is 3.35. The Morgan fingerprint density at radius 3 is 2.03 bits per heavy atom. The van der Waals surface area contributed by atoms with E-state index in [4.69, 9.17) is 4.74 Å². The molecular weight excluding hydrogens is 390 g/mol. The quantitative estimate of drug-likeness (QED) is 0.522. The van der Waals surface area contributed by atoms with Crippen molar-refractivity contribution in [2.24, 2.45) is 5.92 Å². The molecule has 0 spiro atoms. The Hall–Kier alpha value is -2.77. The molecule has 2 aromatic rings. The lowest BCUT2D eigenvalue weighted by Gasteiger charge is -2.25. The molecule has 156 valence electrons. The predicted octanol–water partition coefficient (Wildman–Crippen LogP) is 6.58. The summed E-state index contributed by atoms with van der Waals surface area (Å²) in [5.74, 6) is -0.584. The SMILES string of the molecule is O=C(OCC1CCCCC1)N(c1ccc(F)cc1)c1ccc(OC(F)(F)F)cc1. The fourth-order valence-corrected chi connectivity index (χ4v) is 3.35. The maximum atomic E-state index is 13.3. The molecule has 0 bridgehead atoms. The lowest BCUT2D eigenvalue weighted by molar-refractivity contribution is -0.274. The van der Waals surface area contributed by atoms with Crippen molar-refractivity contribution in [3.05, 3.63) is 54.3 Å². The van der Waals surface area contributed by atoms with E-state index in [0.29, 0.717) is 11.6 Å². The van der Waals surface area contributed by atoms with Gasteiger partial charge in [0.15, 0.2) is 0 Å². The van der Waals surface area contributed by atoms with Crippen molar-refractivity contribution in [3.8, 4) is 5.75 Å². The van der Waals surface area contributed by atoms with Crippen molar-refractivity contribution in [3.63, 3.8) is 0 Å². The van der Waals surface area contributed by atoms with Gasteiger partial charge in [0.2, 0.25) is 0 Å². The third-order valence-electron chi connectivity index (χ3n) is 4.76. The van der Waals surface area contributed by atoms with Crippen LogP contribution >= 0.6 is 0 Å². The molecule has 0 unspecified atom stereocenters. The molecule has 0 N–H and O–H groups in total. The third kappa shape index (κ3) is 6.10. The Bertz CT molecular complexity index is 800. The zero-order chi connectivity index (χ0) is 20.9. The summed E-state index contributed by atoms with van der Waals surface area (Å²) in [6.45, 7) is 0.270. The second-order valence-electron chi connectivity index (χ2n) is 6.93. The van der Waals surface area contributed by atoms with Crippen LogP contribution in [0.3, 0.4) is 0 Å². The molecule has 1 aliphatic rings.